The van der Waals surface area contributed by atoms with Crippen molar-refractivity contribution in [3.8, 4) is 11.1 Å². The number of hydrogen-bond donors (Lipinski definition) is 2. The molecule has 0 spiro atoms. The molecule has 1 aromatic heterocycles. The number of benzene rings is 1. The fraction of sp³-hybridized carbons (Fsp3) is 0.500. The number of hydrogen-bond acceptors (Lipinski definition) is 6. The highest BCUT2D eigenvalue weighted by Crippen LogP contribution is 2.42. The average Bonchev–Trinajstić information content (AvgIpc) is 3.02. The van der Waals surface area contributed by atoms with E-state index in [4.69, 9.17) is 9.47 Å². The van der Waals surface area contributed by atoms with Gasteiger partial charge in [0, 0.05) is 11.8 Å². The zero-order chi connectivity index (χ0) is 26.1. The summed E-state index contributed by atoms with van der Waals surface area (Å²) in [6, 6.07) is 6.50. The number of rotatable bonds is 6. The van der Waals surface area contributed by atoms with Crippen LogP contribution in [0.5, 0.6) is 0 Å². The number of alkyl halides is 1. The molecule has 3 atom stereocenters. The van der Waals surface area contributed by atoms with Crippen LogP contribution in [0, 0.1) is 5.82 Å². The number of pyridine rings is 1. The second-order valence-corrected chi connectivity index (χ2v) is 10.7. The van der Waals surface area contributed by atoms with Crippen molar-refractivity contribution in [2.75, 3.05) is 6.67 Å². The van der Waals surface area contributed by atoms with Gasteiger partial charge in [0.15, 0.2) is 0 Å². The normalized spacial score (nSPS) is 20.8. The van der Waals surface area contributed by atoms with Crippen LogP contribution in [0.3, 0.4) is 0 Å². The van der Waals surface area contributed by atoms with Gasteiger partial charge >= 0.3 is 6.09 Å². The van der Waals surface area contributed by atoms with Gasteiger partial charge in [0.25, 0.3) is 0 Å². The van der Waals surface area contributed by atoms with Crippen LogP contribution in [0.1, 0.15) is 64.9 Å². The van der Waals surface area contributed by atoms with Crippen molar-refractivity contribution in [3.05, 3.63) is 53.6 Å². The standard InChI is InChI=1S/C24H31F2N3O5S/c1-14(28-35(31)32)20-18(26)11-17(13-27-20)15-7-9-16(10-8-15)21-19(12-25)29(24(5,6)33-21)22(30)34-23(2,3)4/h7-11,13-14,19,21,35H,12H2,1-6H3,(H,28,31,32). The van der Waals surface area contributed by atoms with Gasteiger partial charge in [-0.3, -0.25) is 9.88 Å². The molecule has 35 heavy (non-hydrogen) atoms. The first-order valence-electron chi connectivity index (χ1n) is 11.2. The molecule has 1 N–H and O–H groups in total. The first-order valence-corrected chi connectivity index (χ1v) is 12.3. The number of ether oxygens (including phenoxy) is 2. The summed E-state index contributed by atoms with van der Waals surface area (Å²) in [4.78, 5) is 18.2. The monoisotopic (exact) mass is 511 g/mol. The summed E-state index contributed by atoms with van der Waals surface area (Å²) in [6.07, 6.45) is 0.0683. The molecule has 3 rings (SSSR count). The van der Waals surface area contributed by atoms with E-state index in [0.29, 0.717) is 16.7 Å². The predicted octanol–water partition coefficient (Wildman–Crippen LogP) is 4.45. The van der Waals surface area contributed by atoms with Crippen molar-refractivity contribution in [3.63, 3.8) is 0 Å². The lowest BCUT2D eigenvalue weighted by molar-refractivity contribution is -0.0797. The minimum atomic E-state index is -2.89. The van der Waals surface area contributed by atoms with Gasteiger partial charge in [-0.05, 0) is 58.7 Å². The Labute approximate surface area is 205 Å². The fourth-order valence-corrected chi connectivity index (χ4v) is 4.54. The van der Waals surface area contributed by atoms with E-state index in [-0.39, 0.29) is 5.69 Å². The molecule has 2 heterocycles. The molecule has 0 radical (unpaired) electrons. The third kappa shape index (κ3) is 6.14. The zero-order valence-corrected chi connectivity index (χ0v) is 21.4. The van der Waals surface area contributed by atoms with Crippen molar-refractivity contribution >= 4 is 17.0 Å². The fourth-order valence-electron chi connectivity index (χ4n) is 4.10. The molecular formula is C24H31F2N3O5S. The number of nitrogens with one attached hydrogen (secondary N) is 1. The Hall–Kier alpha value is -2.63. The molecule has 192 valence electrons. The molecule has 1 aliphatic rings. The molecule has 2 aromatic rings. The molecular weight excluding hydrogens is 480 g/mol. The second-order valence-electron chi connectivity index (χ2n) is 9.88. The summed E-state index contributed by atoms with van der Waals surface area (Å²) >= 11 is 0. The SMILES string of the molecule is CC(N[SH](=O)=O)c1ncc(-c2ccc(C3OC(C)(C)N(C(=O)OC(C)(C)C)C3CF)cc2)cc1F. The molecule has 1 fully saturated rings. The minimum absolute atomic E-state index is 0.0146. The van der Waals surface area contributed by atoms with Crippen LogP contribution < -0.4 is 4.72 Å². The number of carbonyl (C=O) groups is 1. The summed E-state index contributed by atoms with van der Waals surface area (Å²) in [6.45, 7) is 9.25. The van der Waals surface area contributed by atoms with E-state index in [1.54, 1.807) is 58.9 Å². The van der Waals surface area contributed by atoms with Crippen LogP contribution >= 0.6 is 0 Å². The van der Waals surface area contributed by atoms with Crippen molar-refractivity contribution in [1.82, 2.24) is 14.6 Å². The summed E-state index contributed by atoms with van der Waals surface area (Å²) in [5, 5.41) is 0. The van der Waals surface area contributed by atoms with Gasteiger partial charge in [0.2, 0.25) is 10.9 Å². The molecule has 0 bridgehead atoms. The maximum atomic E-state index is 14.6. The van der Waals surface area contributed by atoms with Crippen LogP contribution in [-0.2, 0) is 20.4 Å². The van der Waals surface area contributed by atoms with E-state index in [1.807, 2.05) is 0 Å². The number of aromatic nitrogens is 1. The topological polar surface area (TPSA) is 97.8 Å². The largest absolute Gasteiger partial charge is 0.444 e. The molecule has 1 amide bonds. The van der Waals surface area contributed by atoms with E-state index in [9.17, 15) is 22.0 Å². The zero-order valence-electron chi connectivity index (χ0n) is 20.5. The highest BCUT2D eigenvalue weighted by atomic mass is 32.2. The van der Waals surface area contributed by atoms with Crippen LogP contribution in [-0.4, -0.2) is 48.4 Å². The quantitative estimate of drug-likeness (QED) is 0.557. The first kappa shape index (κ1) is 27.0. The van der Waals surface area contributed by atoms with Gasteiger partial charge in [0.1, 0.15) is 29.9 Å². The molecule has 3 unspecified atom stereocenters. The van der Waals surface area contributed by atoms with Gasteiger partial charge in [-0.15, -0.1) is 0 Å². The summed E-state index contributed by atoms with van der Waals surface area (Å²) < 4.78 is 64.2. The first-order chi connectivity index (χ1) is 16.2. The Balaban J connectivity index is 1.84. The Bertz CT molecular complexity index is 1140. The van der Waals surface area contributed by atoms with E-state index in [0.717, 1.165) is 0 Å². The molecule has 8 nitrogen and oxygen atoms in total. The smallest absolute Gasteiger partial charge is 0.413 e. The number of amides is 1. The molecule has 1 saturated heterocycles. The Kier molecular flexibility index (Phi) is 7.83. The minimum Gasteiger partial charge on any atom is -0.444 e. The Morgan fingerprint density at radius 2 is 1.89 bits per heavy atom. The Morgan fingerprint density at radius 3 is 2.40 bits per heavy atom. The highest BCUT2D eigenvalue weighted by Gasteiger charge is 2.51. The van der Waals surface area contributed by atoms with E-state index in [2.05, 4.69) is 9.71 Å². The number of thiol groups is 1. The predicted molar refractivity (Wildman–Crippen MR) is 127 cm³/mol. The molecule has 11 heteroatoms. The van der Waals surface area contributed by atoms with Crippen molar-refractivity contribution in [2.45, 2.75) is 71.1 Å². The van der Waals surface area contributed by atoms with Gasteiger partial charge in [-0.1, -0.05) is 24.3 Å². The van der Waals surface area contributed by atoms with Crippen molar-refractivity contribution in [2.24, 2.45) is 0 Å². The maximum absolute atomic E-state index is 14.6. The number of nitrogens with zero attached hydrogens (tertiary/aromatic N) is 2. The molecule has 0 saturated carbocycles. The third-order valence-corrected chi connectivity index (χ3v) is 6.17. The van der Waals surface area contributed by atoms with Gasteiger partial charge in [0.05, 0.1) is 17.8 Å². The summed E-state index contributed by atoms with van der Waals surface area (Å²) in [5.41, 5.74) is -0.0591. The highest BCUT2D eigenvalue weighted by molar-refractivity contribution is 7.70. The third-order valence-electron chi connectivity index (χ3n) is 5.58. The van der Waals surface area contributed by atoms with Crippen LogP contribution in [0.15, 0.2) is 36.5 Å². The summed E-state index contributed by atoms with van der Waals surface area (Å²) in [7, 11) is -2.89. The lowest BCUT2D eigenvalue weighted by Crippen LogP contribution is -2.50. The van der Waals surface area contributed by atoms with Gasteiger partial charge < -0.3 is 9.47 Å². The van der Waals surface area contributed by atoms with Crippen LogP contribution in [0.25, 0.3) is 11.1 Å². The van der Waals surface area contributed by atoms with Gasteiger partial charge in [-0.25, -0.2) is 26.7 Å². The molecule has 1 aliphatic heterocycles. The van der Waals surface area contributed by atoms with E-state index in [1.165, 1.54) is 24.1 Å². The molecule has 1 aromatic carbocycles. The second kappa shape index (κ2) is 10.2. The van der Waals surface area contributed by atoms with E-state index < -0.39 is 59.0 Å². The molecule has 0 aliphatic carbocycles. The Morgan fingerprint density at radius 1 is 1.26 bits per heavy atom. The van der Waals surface area contributed by atoms with Gasteiger partial charge in [-0.2, -0.15) is 0 Å². The average molecular weight is 512 g/mol. The lowest BCUT2D eigenvalue weighted by Gasteiger charge is -2.34. The lowest BCUT2D eigenvalue weighted by atomic mass is 9.99. The van der Waals surface area contributed by atoms with E-state index >= 15 is 0 Å². The maximum Gasteiger partial charge on any atom is 0.413 e. The number of halogens is 2. The van der Waals surface area contributed by atoms with Crippen molar-refractivity contribution in [1.29, 1.82) is 0 Å². The van der Waals surface area contributed by atoms with Crippen molar-refractivity contribution < 1.29 is 31.5 Å². The summed E-state index contributed by atoms with van der Waals surface area (Å²) in [5.74, 6) is -0.644. The number of carbonyl (C=O) groups excluding carboxylic acids is 1. The van der Waals surface area contributed by atoms with Crippen LogP contribution in [0.2, 0.25) is 0 Å². The van der Waals surface area contributed by atoms with Crippen LogP contribution in [0.4, 0.5) is 13.6 Å².